The van der Waals surface area contributed by atoms with Crippen LogP contribution < -0.4 is 10.4 Å². The Morgan fingerprint density at radius 1 is 1.00 bits per heavy atom. The minimum atomic E-state index is -2.96. The number of rotatable bonds is 9. The van der Waals surface area contributed by atoms with Crippen LogP contribution in [0, 0.1) is 11.3 Å². The van der Waals surface area contributed by atoms with Crippen LogP contribution in [-0.4, -0.2) is 18.9 Å². The first-order chi connectivity index (χ1) is 12.4. The van der Waals surface area contributed by atoms with Crippen LogP contribution in [-0.2, 0) is 4.79 Å². The van der Waals surface area contributed by atoms with Gasteiger partial charge in [-0.05, 0) is 28.3 Å². The average molecular weight is 366 g/mol. The van der Waals surface area contributed by atoms with Gasteiger partial charge in [-0.25, -0.2) is 0 Å². The van der Waals surface area contributed by atoms with Gasteiger partial charge in [0.05, 0.1) is 12.5 Å². The third-order valence-corrected chi connectivity index (χ3v) is 9.69. The Morgan fingerprint density at radius 3 is 1.96 bits per heavy atom. The molecule has 0 aliphatic rings. The molecule has 0 heterocycles. The summed E-state index contributed by atoms with van der Waals surface area (Å²) < 4.78 is 0. The second-order valence-corrected chi connectivity index (χ2v) is 11.3. The van der Waals surface area contributed by atoms with Gasteiger partial charge in [0, 0.05) is 6.42 Å². The molecule has 0 aliphatic heterocycles. The van der Waals surface area contributed by atoms with E-state index in [2.05, 4.69) is 13.8 Å². The number of ketones is 1. The van der Waals surface area contributed by atoms with Crippen LogP contribution in [0.15, 0.2) is 60.7 Å². The van der Waals surface area contributed by atoms with Gasteiger partial charge < -0.3 is 4.80 Å². The molecular weight excluding hydrogens is 338 g/mol. The Kier molecular flexibility index (Phi) is 6.90. The highest BCUT2D eigenvalue weighted by molar-refractivity contribution is 6.98. The Bertz CT molecular complexity index is 711. The monoisotopic (exact) mass is 365 g/mol. The van der Waals surface area contributed by atoms with E-state index in [1.165, 1.54) is 0 Å². The molecule has 26 heavy (non-hydrogen) atoms. The number of carbonyl (C=O) groups excluding carboxylic acids is 1. The van der Waals surface area contributed by atoms with E-state index in [1.54, 1.807) is 0 Å². The van der Waals surface area contributed by atoms with Gasteiger partial charge in [0.2, 0.25) is 0 Å². The molecule has 0 unspecified atom stereocenters. The standard InChI is InChI=1S/C22H27NO2Si/c1-22(2,17-10-9-11-19(24)16-18-23)26(25,20-12-5-3-6-13-20)21-14-7-4-8-15-21/h3-8,12-15,25H,9-11,16-17H2,1-2H3. The van der Waals surface area contributed by atoms with E-state index in [0.717, 1.165) is 29.6 Å². The summed E-state index contributed by atoms with van der Waals surface area (Å²) in [6.07, 6.45) is 2.90. The first-order valence-corrected chi connectivity index (χ1v) is 11.1. The number of hydrogen-bond acceptors (Lipinski definition) is 3. The molecule has 0 fully saturated rings. The fourth-order valence-corrected chi connectivity index (χ4v) is 7.34. The van der Waals surface area contributed by atoms with E-state index >= 15 is 0 Å². The Labute approximate surface area is 157 Å². The molecule has 1 N–H and O–H groups in total. The summed E-state index contributed by atoms with van der Waals surface area (Å²) in [6.45, 7) is 4.27. The molecule has 0 saturated heterocycles. The second-order valence-electron chi connectivity index (χ2n) is 7.41. The number of carbonyl (C=O) groups is 1. The van der Waals surface area contributed by atoms with Crippen LogP contribution in [0.1, 0.15) is 46.0 Å². The van der Waals surface area contributed by atoms with Crippen LogP contribution in [0.5, 0.6) is 0 Å². The van der Waals surface area contributed by atoms with Crippen molar-refractivity contribution in [3.05, 3.63) is 60.7 Å². The first kappa shape index (κ1) is 20.1. The zero-order valence-electron chi connectivity index (χ0n) is 15.6. The van der Waals surface area contributed by atoms with Crippen molar-refractivity contribution in [3.8, 4) is 6.07 Å². The van der Waals surface area contributed by atoms with Gasteiger partial charge in [-0.1, -0.05) is 80.9 Å². The molecule has 136 valence electrons. The maximum absolute atomic E-state index is 12.0. The van der Waals surface area contributed by atoms with Crippen molar-refractivity contribution < 1.29 is 9.59 Å². The molecular formula is C22H27NO2Si. The summed E-state index contributed by atoms with van der Waals surface area (Å²) in [5.41, 5.74) is 0. The van der Waals surface area contributed by atoms with Gasteiger partial charge >= 0.3 is 0 Å². The van der Waals surface area contributed by atoms with Crippen molar-refractivity contribution in [2.45, 2.75) is 51.0 Å². The molecule has 0 bridgehead atoms. The van der Waals surface area contributed by atoms with Gasteiger partial charge in [-0.2, -0.15) is 5.26 Å². The van der Waals surface area contributed by atoms with Crippen molar-refractivity contribution in [2.24, 2.45) is 0 Å². The average Bonchev–Trinajstić information content (AvgIpc) is 2.66. The van der Waals surface area contributed by atoms with Gasteiger partial charge in [-0.3, -0.25) is 4.79 Å². The number of nitrogens with zero attached hydrogens (tertiary/aromatic N) is 1. The Hall–Kier alpha value is -2.22. The number of hydrogen-bond donors (Lipinski definition) is 1. The third kappa shape index (κ3) is 4.49. The highest BCUT2D eigenvalue weighted by atomic mass is 28.4. The fourth-order valence-electron chi connectivity index (χ4n) is 3.55. The van der Waals surface area contributed by atoms with E-state index in [-0.39, 0.29) is 17.2 Å². The lowest BCUT2D eigenvalue weighted by Crippen LogP contribution is -2.65. The second kappa shape index (κ2) is 8.93. The van der Waals surface area contributed by atoms with Gasteiger partial charge in [0.25, 0.3) is 8.32 Å². The highest BCUT2D eigenvalue weighted by Gasteiger charge is 2.49. The van der Waals surface area contributed by atoms with E-state index in [0.29, 0.717) is 6.42 Å². The topological polar surface area (TPSA) is 61.1 Å². The highest BCUT2D eigenvalue weighted by Crippen LogP contribution is 2.40. The van der Waals surface area contributed by atoms with Crippen molar-refractivity contribution >= 4 is 24.5 Å². The molecule has 0 radical (unpaired) electrons. The predicted octanol–water partition coefficient (Wildman–Crippen LogP) is 3.56. The predicted molar refractivity (Wildman–Crippen MR) is 108 cm³/mol. The van der Waals surface area contributed by atoms with E-state index in [1.807, 2.05) is 66.7 Å². The quantitative estimate of drug-likeness (QED) is 0.546. The van der Waals surface area contributed by atoms with E-state index < -0.39 is 8.32 Å². The lowest BCUT2D eigenvalue weighted by atomic mass is 10.0. The summed E-state index contributed by atoms with van der Waals surface area (Å²) in [5, 5.41) is 10.3. The zero-order chi connectivity index (χ0) is 19.0. The SMILES string of the molecule is CC(C)(CCCCC(=O)CC#N)[Si](O)(c1ccccc1)c1ccccc1. The zero-order valence-corrected chi connectivity index (χ0v) is 16.6. The van der Waals surface area contributed by atoms with Crippen molar-refractivity contribution in [1.82, 2.24) is 0 Å². The molecule has 0 amide bonds. The first-order valence-electron chi connectivity index (χ1n) is 9.14. The Balaban J connectivity index is 2.22. The summed E-state index contributed by atoms with van der Waals surface area (Å²) in [7, 11) is -2.96. The molecule has 3 nitrogen and oxygen atoms in total. The minimum absolute atomic E-state index is 0.00364. The van der Waals surface area contributed by atoms with Crippen LogP contribution in [0.3, 0.4) is 0 Å². The normalized spacial score (nSPS) is 11.8. The number of nitriles is 1. The number of Topliss-reactive ketones (excluding diaryl/α,β-unsaturated/α-hetero) is 1. The van der Waals surface area contributed by atoms with Gasteiger partial charge in [0.1, 0.15) is 5.78 Å². The maximum atomic E-state index is 12.0. The van der Waals surface area contributed by atoms with Crippen LogP contribution in [0.25, 0.3) is 0 Å². The molecule has 2 aromatic rings. The molecule has 0 saturated carbocycles. The number of benzene rings is 2. The van der Waals surface area contributed by atoms with Crippen molar-refractivity contribution in [2.75, 3.05) is 0 Å². The van der Waals surface area contributed by atoms with Crippen LogP contribution in [0.2, 0.25) is 5.04 Å². The van der Waals surface area contributed by atoms with Gasteiger partial charge in [-0.15, -0.1) is 0 Å². The minimum Gasteiger partial charge on any atom is -0.424 e. The smallest absolute Gasteiger partial charge is 0.258 e. The maximum Gasteiger partial charge on any atom is 0.258 e. The summed E-state index contributed by atoms with van der Waals surface area (Å²) >= 11 is 0. The van der Waals surface area contributed by atoms with Gasteiger partial charge in [0.15, 0.2) is 0 Å². The summed E-state index contributed by atoms with van der Waals surface area (Å²) in [6, 6.07) is 21.9. The third-order valence-electron chi connectivity index (χ3n) is 5.15. The molecule has 4 heteroatoms. The van der Waals surface area contributed by atoms with Crippen LogP contribution >= 0.6 is 0 Å². The lowest BCUT2D eigenvalue weighted by molar-refractivity contribution is -0.118. The molecule has 2 aromatic carbocycles. The van der Waals surface area contributed by atoms with E-state index in [9.17, 15) is 9.59 Å². The summed E-state index contributed by atoms with van der Waals surface area (Å²) in [4.78, 5) is 23.5. The van der Waals surface area contributed by atoms with E-state index in [4.69, 9.17) is 5.26 Å². The number of unbranched alkanes of at least 4 members (excludes halogenated alkanes) is 1. The molecule has 0 aliphatic carbocycles. The largest absolute Gasteiger partial charge is 0.424 e. The molecule has 0 spiro atoms. The van der Waals surface area contributed by atoms with Crippen molar-refractivity contribution in [3.63, 3.8) is 0 Å². The van der Waals surface area contributed by atoms with Crippen LogP contribution in [0.4, 0.5) is 0 Å². The molecule has 0 atom stereocenters. The fraction of sp³-hybridized carbons (Fsp3) is 0.364. The van der Waals surface area contributed by atoms with Crippen molar-refractivity contribution in [1.29, 1.82) is 5.26 Å². The Morgan fingerprint density at radius 2 is 1.50 bits per heavy atom. The molecule has 2 rings (SSSR count). The lowest BCUT2D eigenvalue weighted by Gasteiger charge is -2.41. The summed E-state index contributed by atoms with van der Waals surface area (Å²) in [5.74, 6) is 0.00364. The molecule has 0 aromatic heterocycles.